The van der Waals surface area contributed by atoms with Gasteiger partial charge >= 0.3 is 0 Å². The molecule has 0 aliphatic heterocycles. The van der Waals surface area contributed by atoms with Gasteiger partial charge in [-0.3, -0.25) is 4.98 Å². The number of hydrogen-bond donors (Lipinski definition) is 0. The van der Waals surface area contributed by atoms with Crippen LogP contribution < -0.4 is 0 Å². The molecule has 0 unspecified atom stereocenters. The maximum absolute atomic E-state index is 10.9. The van der Waals surface area contributed by atoms with Gasteiger partial charge in [0.2, 0.25) is 9.05 Å². The number of fused-ring (bicyclic) bond motifs is 1. The highest BCUT2D eigenvalue weighted by Gasteiger charge is 2.07. The van der Waals surface area contributed by atoms with E-state index in [1.807, 2.05) is 24.3 Å². The van der Waals surface area contributed by atoms with Crippen LogP contribution in [0.5, 0.6) is 0 Å². The molecule has 15 heavy (non-hydrogen) atoms. The van der Waals surface area contributed by atoms with Crippen molar-refractivity contribution >= 4 is 30.6 Å². The van der Waals surface area contributed by atoms with Crippen molar-refractivity contribution in [2.24, 2.45) is 0 Å². The van der Waals surface area contributed by atoms with Gasteiger partial charge in [-0.1, -0.05) is 18.2 Å². The minimum atomic E-state index is -3.51. The van der Waals surface area contributed by atoms with Gasteiger partial charge in [-0.25, -0.2) is 8.42 Å². The van der Waals surface area contributed by atoms with Crippen molar-refractivity contribution in [2.45, 2.75) is 5.75 Å². The number of para-hydroxylation sites is 1. The minimum Gasteiger partial charge on any atom is -0.256 e. The van der Waals surface area contributed by atoms with Crippen LogP contribution in [-0.2, 0) is 14.8 Å². The maximum atomic E-state index is 10.9. The Balaban J connectivity index is 2.48. The normalized spacial score (nSPS) is 11.8. The van der Waals surface area contributed by atoms with Crippen LogP contribution in [0.2, 0.25) is 0 Å². The minimum absolute atomic E-state index is 0.188. The standard InChI is InChI=1S/C10H8ClNO2S/c11-15(13,14)7-8-5-9-3-1-2-4-10(9)12-6-8/h1-6H,7H2. The van der Waals surface area contributed by atoms with E-state index in [1.165, 1.54) is 6.20 Å². The van der Waals surface area contributed by atoms with Gasteiger partial charge in [0.15, 0.2) is 0 Å². The molecule has 3 nitrogen and oxygen atoms in total. The lowest BCUT2D eigenvalue weighted by molar-refractivity contribution is 0.609. The summed E-state index contributed by atoms with van der Waals surface area (Å²) >= 11 is 0. The average Bonchev–Trinajstić information content (AvgIpc) is 2.15. The van der Waals surface area contributed by atoms with Gasteiger partial charge in [-0.15, -0.1) is 0 Å². The number of rotatable bonds is 2. The van der Waals surface area contributed by atoms with Crippen molar-refractivity contribution in [2.75, 3.05) is 0 Å². The summed E-state index contributed by atoms with van der Waals surface area (Å²) in [5.74, 6) is -0.188. The van der Waals surface area contributed by atoms with Crippen LogP contribution in [0.25, 0.3) is 10.9 Å². The third-order valence-corrected chi connectivity index (χ3v) is 2.99. The highest BCUT2D eigenvalue weighted by atomic mass is 35.7. The number of halogens is 1. The molecule has 0 N–H and O–H groups in total. The quantitative estimate of drug-likeness (QED) is 0.758. The van der Waals surface area contributed by atoms with Crippen molar-refractivity contribution in [1.29, 1.82) is 0 Å². The lowest BCUT2D eigenvalue weighted by Crippen LogP contribution is -1.95. The Hall–Kier alpha value is -1.13. The van der Waals surface area contributed by atoms with E-state index in [0.717, 1.165) is 10.9 Å². The first-order valence-corrected chi connectivity index (χ1v) is 6.78. The first-order chi connectivity index (χ1) is 7.04. The predicted molar refractivity (Wildman–Crippen MR) is 60.2 cm³/mol. The summed E-state index contributed by atoms with van der Waals surface area (Å²) in [6.45, 7) is 0. The second kappa shape index (κ2) is 3.79. The maximum Gasteiger partial charge on any atom is 0.236 e. The molecule has 1 aromatic heterocycles. The summed E-state index contributed by atoms with van der Waals surface area (Å²) in [5, 5.41) is 0.912. The molecular formula is C10H8ClNO2S. The Bertz CT molecular complexity index is 595. The Morgan fingerprint density at radius 2 is 2.00 bits per heavy atom. The second-order valence-corrected chi connectivity index (χ2v) is 6.00. The molecule has 0 aliphatic carbocycles. The van der Waals surface area contributed by atoms with E-state index in [0.29, 0.717) is 5.56 Å². The molecule has 0 saturated carbocycles. The van der Waals surface area contributed by atoms with Gasteiger partial charge in [0, 0.05) is 22.3 Å². The van der Waals surface area contributed by atoms with E-state index in [2.05, 4.69) is 4.98 Å². The number of nitrogens with zero attached hydrogens (tertiary/aromatic N) is 1. The summed E-state index contributed by atoms with van der Waals surface area (Å²) in [6, 6.07) is 9.29. The van der Waals surface area contributed by atoms with Crippen LogP contribution in [0.1, 0.15) is 5.56 Å². The fraction of sp³-hybridized carbons (Fsp3) is 0.100. The fourth-order valence-corrected chi connectivity index (χ4v) is 2.33. The van der Waals surface area contributed by atoms with Crippen molar-refractivity contribution in [1.82, 2.24) is 4.98 Å². The molecule has 0 atom stereocenters. The van der Waals surface area contributed by atoms with Gasteiger partial charge in [0.05, 0.1) is 11.3 Å². The van der Waals surface area contributed by atoms with E-state index < -0.39 is 9.05 Å². The summed E-state index contributed by atoms with van der Waals surface area (Å²) < 4.78 is 21.7. The summed E-state index contributed by atoms with van der Waals surface area (Å²) in [4.78, 5) is 4.14. The van der Waals surface area contributed by atoms with Gasteiger partial charge in [0.1, 0.15) is 0 Å². The van der Waals surface area contributed by atoms with Crippen LogP contribution in [0, 0.1) is 0 Å². The summed E-state index contributed by atoms with van der Waals surface area (Å²) in [6.07, 6.45) is 1.53. The van der Waals surface area contributed by atoms with Crippen LogP contribution in [0.3, 0.4) is 0 Å². The summed E-state index contributed by atoms with van der Waals surface area (Å²) in [7, 11) is 1.65. The van der Waals surface area contributed by atoms with E-state index in [9.17, 15) is 8.42 Å². The molecule has 0 aliphatic rings. The zero-order valence-electron chi connectivity index (χ0n) is 7.72. The van der Waals surface area contributed by atoms with E-state index >= 15 is 0 Å². The Morgan fingerprint density at radius 3 is 2.73 bits per heavy atom. The molecule has 2 aromatic rings. The Morgan fingerprint density at radius 1 is 1.27 bits per heavy atom. The van der Waals surface area contributed by atoms with Crippen LogP contribution >= 0.6 is 10.7 Å². The SMILES string of the molecule is O=S(=O)(Cl)Cc1cnc2ccccc2c1. The third kappa shape index (κ3) is 2.67. The van der Waals surface area contributed by atoms with E-state index in [-0.39, 0.29) is 5.75 Å². The smallest absolute Gasteiger partial charge is 0.236 e. The molecule has 0 radical (unpaired) electrons. The Labute approximate surface area is 92.1 Å². The van der Waals surface area contributed by atoms with Crippen LogP contribution in [0.4, 0.5) is 0 Å². The topological polar surface area (TPSA) is 47.0 Å². The van der Waals surface area contributed by atoms with Crippen molar-refractivity contribution in [3.63, 3.8) is 0 Å². The average molecular weight is 242 g/mol. The van der Waals surface area contributed by atoms with E-state index in [1.54, 1.807) is 6.07 Å². The first-order valence-electron chi connectivity index (χ1n) is 4.31. The molecule has 0 saturated heterocycles. The highest BCUT2D eigenvalue weighted by Crippen LogP contribution is 2.15. The van der Waals surface area contributed by atoms with Crippen molar-refractivity contribution in [3.05, 3.63) is 42.1 Å². The molecule has 2 rings (SSSR count). The number of benzene rings is 1. The second-order valence-electron chi connectivity index (χ2n) is 3.22. The van der Waals surface area contributed by atoms with Crippen molar-refractivity contribution < 1.29 is 8.42 Å². The lowest BCUT2D eigenvalue weighted by Gasteiger charge is -2.00. The molecule has 0 bridgehead atoms. The van der Waals surface area contributed by atoms with Crippen molar-refractivity contribution in [3.8, 4) is 0 Å². The monoisotopic (exact) mass is 241 g/mol. The largest absolute Gasteiger partial charge is 0.256 e. The van der Waals surface area contributed by atoms with E-state index in [4.69, 9.17) is 10.7 Å². The van der Waals surface area contributed by atoms with Gasteiger partial charge < -0.3 is 0 Å². The lowest BCUT2D eigenvalue weighted by atomic mass is 10.2. The van der Waals surface area contributed by atoms with Crippen LogP contribution in [0.15, 0.2) is 36.5 Å². The predicted octanol–water partition coefficient (Wildman–Crippen LogP) is 2.30. The molecule has 5 heteroatoms. The first kappa shape index (κ1) is 10.4. The zero-order valence-corrected chi connectivity index (χ0v) is 9.29. The molecule has 0 amide bonds. The number of aromatic nitrogens is 1. The molecular weight excluding hydrogens is 234 g/mol. The molecule has 1 aromatic carbocycles. The van der Waals surface area contributed by atoms with Gasteiger partial charge in [0.25, 0.3) is 0 Å². The van der Waals surface area contributed by atoms with Gasteiger partial charge in [-0.05, 0) is 17.7 Å². The fourth-order valence-electron chi connectivity index (χ4n) is 1.39. The molecule has 1 heterocycles. The number of pyridine rings is 1. The summed E-state index contributed by atoms with van der Waals surface area (Å²) in [5.41, 5.74) is 1.44. The Kier molecular flexibility index (Phi) is 2.63. The molecule has 78 valence electrons. The number of hydrogen-bond acceptors (Lipinski definition) is 3. The zero-order chi connectivity index (χ0) is 10.9. The molecule has 0 spiro atoms. The van der Waals surface area contributed by atoms with Crippen LogP contribution in [-0.4, -0.2) is 13.4 Å². The third-order valence-electron chi connectivity index (χ3n) is 1.99. The highest BCUT2D eigenvalue weighted by molar-refractivity contribution is 8.13. The molecule has 0 fully saturated rings. The van der Waals surface area contributed by atoms with Gasteiger partial charge in [-0.2, -0.15) is 0 Å².